The molecule has 1 aromatic carbocycles. The molecule has 0 unspecified atom stereocenters. The molecule has 0 saturated carbocycles. The third-order valence-corrected chi connectivity index (χ3v) is 3.61. The van der Waals surface area contributed by atoms with Crippen molar-refractivity contribution < 1.29 is 9.53 Å². The average Bonchev–Trinajstić information content (AvgIpc) is 2.31. The second kappa shape index (κ2) is 6.77. The minimum atomic E-state index is -0.340. The molecular formula is C12H16ClNO2S. The van der Waals surface area contributed by atoms with Gasteiger partial charge in [0.25, 0.3) is 0 Å². The fraction of sp³-hybridized carbons (Fsp3) is 0.417. The first-order valence-corrected chi connectivity index (χ1v) is 7.03. The summed E-state index contributed by atoms with van der Waals surface area (Å²) in [6, 6.07) is 5.30. The number of amides is 1. The van der Waals surface area contributed by atoms with Gasteiger partial charge in [-0.05, 0) is 32.2 Å². The molecule has 0 heterocycles. The molecule has 3 nitrogen and oxygen atoms in total. The quantitative estimate of drug-likeness (QED) is 0.779. The van der Waals surface area contributed by atoms with Gasteiger partial charge in [-0.25, -0.2) is 4.79 Å². The lowest BCUT2D eigenvalue weighted by Gasteiger charge is -2.19. The van der Waals surface area contributed by atoms with Crippen molar-refractivity contribution in [3.8, 4) is 5.75 Å². The number of hydrogen-bond acceptors (Lipinski definition) is 3. The van der Waals surface area contributed by atoms with Crippen LogP contribution < -0.4 is 4.74 Å². The lowest BCUT2D eigenvalue weighted by atomic mass is 10.3. The normalized spacial score (nSPS) is 10.1. The number of nitrogens with zero attached hydrogens (tertiary/aromatic N) is 1. The molecule has 1 amide bonds. The summed E-state index contributed by atoms with van der Waals surface area (Å²) in [5, 5.41) is 0.599. The van der Waals surface area contributed by atoms with Crippen LogP contribution in [0.4, 0.5) is 4.79 Å². The highest BCUT2D eigenvalue weighted by atomic mass is 35.5. The molecule has 0 fully saturated rings. The zero-order valence-electron chi connectivity index (χ0n) is 10.2. The number of benzene rings is 1. The molecule has 1 rings (SSSR count). The van der Waals surface area contributed by atoms with Crippen molar-refractivity contribution in [1.29, 1.82) is 0 Å². The van der Waals surface area contributed by atoms with E-state index >= 15 is 0 Å². The van der Waals surface area contributed by atoms with Gasteiger partial charge in [-0.15, -0.1) is 11.8 Å². The molecular weight excluding hydrogens is 258 g/mol. The molecule has 94 valence electrons. The van der Waals surface area contributed by atoms with E-state index in [-0.39, 0.29) is 6.09 Å². The Balaban J connectivity index is 2.88. The second-order valence-electron chi connectivity index (χ2n) is 3.31. The van der Waals surface area contributed by atoms with Gasteiger partial charge in [0, 0.05) is 13.1 Å². The third-order valence-electron chi connectivity index (χ3n) is 2.35. The van der Waals surface area contributed by atoms with E-state index in [1.54, 1.807) is 23.1 Å². The predicted molar refractivity (Wildman–Crippen MR) is 72.2 cm³/mol. The van der Waals surface area contributed by atoms with Crippen LogP contribution in [0.3, 0.4) is 0 Å². The van der Waals surface area contributed by atoms with Crippen LogP contribution in [0.25, 0.3) is 0 Å². The van der Waals surface area contributed by atoms with Crippen molar-refractivity contribution in [2.24, 2.45) is 0 Å². The summed E-state index contributed by atoms with van der Waals surface area (Å²) < 4.78 is 5.34. The molecule has 17 heavy (non-hydrogen) atoms. The summed E-state index contributed by atoms with van der Waals surface area (Å²) in [5.74, 6) is 0.516. The first-order chi connectivity index (χ1) is 8.13. The zero-order valence-corrected chi connectivity index (χ0v) is 11.8. The number of ether oxygens (including phenoxy) is 1. The Morgan fingerprint density at radius 1 is 1.41 bits per heavy atom. The van der Waals surface area contributed by atoms with E-state index in [0.717, 1.165) is 4.90 Å². The summed E-state index contributed by atoms with van der Waals surface area (Å²) in [5.41, 5.74) is 0. The van der Waals surface area contributed by atoms with Gasteiger partial charge in [0.05, 0.1) is 9.92 Å². The molecule has 5 heteroatoms. The van der Waals surface area contributed by atoms with Crippen molar-refractivity contribution in [2.75, 3.05) is 19.3 Å². The van der Waals surface area contributed by atoms with E-state index in [0.29, 0.717) is 23.9 Å². The Kier molecular flexibility index (Phi) is 5.65. The summed E-state index contributed by atoms with van der Waals surface area (Å²) in [6.07, 6.45) is 1.56. The van der Waals surface area contributed by atoms with Gasteiger partial charge in [-0.3, -0.25) is 0 Å². The van der Waals surface area contributed by atoms with Gasteiger partial charge in [0.1, 0.15) is 5.75 Å². The Labute approximate surface area is 111 Å². The molecule has 0 aromatic heterocycles. The van der Waals surface area contributed by atoms with Crippen LogP contribution in [0.5, 0.6) is 5.75 Å². The van der Waals surface area contributed by atoms with Gasteiger partial charge in [0.2, 0.25) is 0 Å². The van der Waals surface area contributed by atoms with Gasteiger partial charge >= 0.3 is 6.09 Å². The maximum atomic E-state index is 11.8. The second-order valence-corrected chi connectivity index (χ2v) is 4.54. The molecule has 0 saturated heterocycles. The Morgan fingerprint density at radius 3 is 2.59 bits per heavy atom. The highest BCUT2D eigenvalue weighted by molar-refractivity contribution is 7.98. The third kappa shape index (κ3) is 3.54. The predicted octanol–water partition coefficient (Wildman–Crippen LogP) is 3.90. The lowest BCUT2D eigenvalue weighted by molar-refractivity contribution is 0.156. The van der Waals surface area contributed by atoms with E-state index in [1.807, 2.05) is 20.1 Å². The van der Waals surface area contributed by atoms with Crippen molar-refractivity contribution >= 4 is 29.5 Å². The molecule has 0 aliphatic rings. The Hall–Kier alpha value is -0.870. The zero-order chi connectivity index (χ0) is 12.8. The number of halogens is 1. The minimum Gasteiger partial charge on any atom is -0.409 e. The minimum absolute atomic E-state index is 0.340. The van der Waals surface area contributed by atoms with Crippen LogP contribution in [0, 0.1) is 0 Å². The van der Waals surface area contributed by atoms with E-state index in [4.69, 9.17) is 16.3 Å². The van der Waals surface area contributed by atoms with E-state index in [9.17, 15) is 4.79 Å². The number of carbonyl (C=O) groups excluding carboxylic acids is 1. The van der Waals surface area contributed by atoms with E-state index in [2.05, 4.69) is 0 Å². The number of rotatable bonds is 4. The van der Waals surface area contributed by atoms with Crippen LogP contribution in [0.2, 0.25) is 5.02 Å². The number of thioether (sulfide) groups is 1. The van der Waals surface area contributed by atoms with Crippen molar-refractivity contribution in [3.63, 3.8) is 0 Å². The van der Waals surface area contributed by atoms with Gasteiger partial charge in [-0.1, -0.05) is 17.7 Å². The summed E-state index contributed by atoms with van der Waals surface area (Å²) >= 11 is 7.50. The summed E-state index contributed by atoms with van der Waals surface area (Å²) in [7, 11) is 0. The number of hydrogen-bond donors (Lipinski definition) is 0. The first-order valence-electron chi connectivity index (χ1n) is 5.43. The van der Waals surface area contributed by atoms with Crippen molar-refractivity contribution in [3.05, 3.63) is 23.2 Å². The first kappa shape index (κ1) is 14.2. The largest absolute Gasteiger partial charge is 0.415 e. The van der Waals surface area contributed by atoms with Crippen LogP contribution in [-0.2, 0) is 0 Å². The molecule has 1 aromatic rings. The van der Waals surface area contributed by atoms with Gasteiger partial charge in [-0.2, -0.15) is 0 Å². The lowest BCUT2D eigenvalue weighted by Crippen LogP contribution is -2.33. The molecule has 0 spiro atoms. The highest BCUT2D eigenvalue weighted by Gasteiger charge is 2.15. The Morgan fingerprint density at radius 2 is 2.06 bits per heavy atom. The Bertz CT molecular complexity index is 394. The molecule has 0 atom stereocenters. The molecule has 0 radical (unpaired) electrons. The van der Waals surface area contributed by atoms with E-state index < -0.39 is 0 Å². The molecule has 0 aliphatic carbocycles. The maximum absolute atomic E-state index is 11.8. The van der Waals surface area contributed by atoms with E-state index in [1.165, 1.54) is 11.8 Å². The molecule has 0 bridgehead atoms. The summed E-state index contributed by atoms with van der Waals surface area (Å²) in [6.45, 7) is 5.09. The highest BCUT2D eigenvalue weighted by Crippen LogP contribution is 2.34. The van der Waals surface area contributed by atoms with Crippen molar-refractivity contribution in [2.45, 2.75) is 18.7 Å². The van der Waals surface area contributed by atoms with Crippen LogP contribution >= 0.6 is 23.4 Å². The van der Waals surface area contributed by atoms with Gasteiger partial charge < -0.3 is 9.64 Å². The topological polar surface area (TPSA) is 29.5 Å². The molecule has 0 aliphatic heterocycles. The fourth-order valence-electron chi connectivity index (χ4n) is 1.41. The average molecular weight is 274 g/mol. The van der Waals surface area contributed by atoms with Crippen LogP contribution in [-0.4, -0.2) is 30.3 Å². The summed E-state index contributed by atoms with van der Waals surface area (Å²) in [4.78, 5) is 14.2. The fourth-order valence-corrected chi connectivity index (χ4v) is 2.38. The SMILES string of the molecule is CCN(CC)C(=O)Oc1cccc(Cl)c1SC. The maximum Gasteiger partial charge on any atom is 0.415 e. The van der Waals surface area contributed by atoms with Gasteiger partial charge in [0.15, 0.2) is 0 Å². The molecule has 0 N–H and O–H groups in total. The smallest absolute Gasteiger partial charge is 0.409 e. The van der Waals surface area contributed by atoms with Crippen LogP contribution in [0.15, 0.2) is 23.1 Å². The number of carbonyl (C=O) groups is 1. The monoisotopic (exact) mass is 273 g/mol. The van der Waals surface area contributed by atoms with Crippen LogP contribution in [0.1, 0.15) is 13.8 Å². The van der Waals surface area contributed by atoms with Crippen molar-refractivity contribution in [1.82, 2.24) is 4.90 Å². The standard InChI is InChI=1S/C12H16ClNO2S/c1-4-14(5-2)12(15)16-10-8-6-7-9(13)11(10)17-3/h6-8H,4-5H2,1-3H3.